The standard InChI is InChI=1S/C44H51N7O5S/c1-44(2,56)31-24-34-37(25-33(31)46-40(53)32-11-4-5-21-45-32)57-42(47-34)30-15-13-28(14-16-30)26-50-22-19-27(20-23-50)8-6-9-29-10-7-12-35-39(29)49(3)43(55)51(35)36-17-18-38(52)48-41(36)54/h4-5,7,10-12,21,24-25,27-28,30,36,43,55-56H,8,13-20,22-23,26H2,1-3H3,(H,46,53)(H,48,52,54). The first-order valence-corrected chi connectivity index (χ1v) is 21.0. The number of aromatic nitrogens is 2. The molecule has 3 aliphatic heterocycles. The number of carbonyl (C=O) groups excluding carboxylic acids is 3. The smallest absolute Gasteiger partial charge is 0.274 e. The van der Waals surface area contributed by atoms with Crippen LogP contribution in [0.5, 0.6) is 0 Å². The van der Waals surface area contributed by atoms with Crippen molar-refractivity contribution in [2.24, 2.45) is 11.8 Å². The number of pyridine rings is 1. The number of aliphatic hydroxyl groups excluding tert-OH is 1. The number of anilines is 3. The summed E-state index contributed by atoms with van der Waals surface area (Å²) in [4.78, 5) is 52.7. The molecule has 57 heavy (non-hydrogen) atoms. The third-order valence-electron chi connectivity index (χ3n) is 12.2. The van der Waals surface area contributed by atoms with Crippen molar-refractivity contribution >= 4 is 56.3 Å². The van der Waals surface area contributed by atoms with E-state index >= 15 is 0 Å². The van der Waals surface area contributed by atoms with Crippen LogP contribution in [0.3, 0.4) is 0 Å². The van der Waals surface area contributed by atoms with Crippen molar-refractivity contribution in [3.05, 3.63) is 76.6 Å². The molecule has 3 amide bonds. The van der Waals surface area contributed by atoms with Crippen molar-refractivity contribution in [2.75, 3.05) is 41.8 Å². The SMILES string of the molecule is CN1c2c(C#CCC3CCN(CC4CCC(c5nc6cc(C(C)(C)O)c(NC(=O)c7ccccn7)cc6s5)CC4)CC3)cccc2N(C2CCC(=O)NC2=O)C1O. The van der Waals surface area contributed by atoms with Gasteiger partial charge in [-0.1, -0.05) is 24.0 Å². The van der Waals surface area contributed by atoms with Crippen LogP contribution < -0.4 is 20.4 Å². The third kappa shape index (κ3) is 8.27. The van der Waals surface area contributed by atoms with Gasteiger partial charge in [0, 0.05) is 49.8 Å². The number of para-hydroxylation sites is 1. The second kappa shape index (κ2) is 16.2. The van der Waals surface area contributed by atoms with Gasteiger partial charge in [0.05, 0.1) is 37.8 Å². The van der Waals surface area contributed by atoms with E-state index in [4.69, 9.17) is 4.98 Å². The van der Waals surface area contributed by atoms with Crippen molar-refractivity contribution in [1.29, 1.82) is 0 Å². The van der Waals surface area contributed by atoms with Gasteiger partial charge < -0.3 is 30.2 Å². The van der Waals surface area contributed by atoms with Gasteiger partial charge in [-0.15, -0.1) is 11.3 Å². The largest absolute Gasteiger partial charge is 0.386 e. The average molecular weight is 790 g/mol. The molecule has 8 rings (SSSR count). The van der Waals surface area contributed by atoms with Crippen LogP contribution in [-0.4, -0.2) is 81.9 Å². The molecule has 4 N–H and O–H groups in total. The first-order chi connectivity index (χ1) is 27.4. The molecule has 2 aromatic carbocycles. The average Bonchev–Trinajstić information content (AvgIpc) is 3.73. The quantitative estimate of drug-likeness (QED) is 0.125. The second-order valence-corrected chi connectivity index (χ2v) is 17.7. The van der Waals surface area contributed by atoms with Crippen LogP contribution >= 0.6 is 11.3 Å². The summed E-state index contributed by atoms with van der Waals surface area (Å²) in [6, 6.07) is 14.2. The molecule has 2 atom stereocenters. The van der Waals surface area contributed by atoms with Crippen LogP contribution in [0.1, 0.15) is 104 Å². The molecule has 12 nitrogen and oxygen atoms in total. The van der Waals surface area contributed by atoms with E-state index in [1.54, 1.807) is 59.4 Å². The van der Waals surface area contributed by atoms with Crippen LogP contribution in [0.4, 0.5) is 17.1 Å². The number of thiazole rings is 1. The Hall–Kier alpha value is -4.87. The Morgan fingerprint density at radius 1 is 1.02 bits per heavy atom. The Kier molecular flexibility index (Phi) is 11.1. The number of nitrogens with zero attached hydrogens (tertiary/aromatic N) is 5. The highest BCUT2D eigenvalue weighted by molar-refractivity contribution is 7.18. The van der Waals surface area contributed by atoms with Crippen molar-refractivity contribution < 1.29 is 24.6 Å². The Bertz CT molecular complexity index is 2210. The highest BCUT2D eigenvalue weighted by Crippen LogP contribution is 2.44. The van der Waals surface area contributed by atoms with Crippen molar-refractivity contribution in [3.8, 4) is 11.8 Å². The number of amides is 3. The maximum absolute atomic E-state index is 13.0. The molecule has 0 bridgehead atoms. The molecule has 2 aromatic heterocycles. The zero-order valence-corrected chi connectivity index (χ0v) is 33.6. The molecule has 1 aliphatic carbocycles. The van der Waals surface area contributed by atoms with E-state index < -0.39 is 18.0 Å². The van der Waals surface area contributed by atoms with Gasteiger partial charge in [-0.3, -0.25) is 24.7 Å². The van der Waals surface area contributed by atoms with Gasteiger partial charge in [0.15, 0.2) is 0 Å². The maximum Gasteiger partial charge on any atom is 0.274 e. The molecule has 0 radical (unpaired) electrons. The van der Waals surface area contributed by atoms with Crippen LogP contribution in [0.2, 0.25) is 0 Å². The first-order valence-electron chi connectivity index (χ1n) is 20.2. The highest BCUT2D eigenvalue weighted by atomic mass is 32.1. The molecule has 5 heterocycles. The summed E-state index contributed by atoms with van der Waals surface area (Å²) in [7, 11) is 1.81. The minimum Gasteiger partial charge on any atom is -0.386 e. The predicted octanol–water partition coefficient (Wildman–Crippen LogP) is 5.94. The minimum atomic E-state index is -1.17. The lowest BCUT2D eigenvalue weighted by molar-refractivity contribution is -0.134. The van der Waals surface area contributed by atoms with Gasteiger partial charge >= 0.3 is 0 Å². The first kappa shape index (κ1) is 39.0. The summed E-state index contributed by atoms with van der Waals surface area (Å²) in [5, 5.41) is 28.6. The van der Waals surface area contributed by atoms with Crippen LogP contribution in [0, 0.1) is 23.7 Å². The second-order valence-electron chi connectivity index (χ2n) is 16.6. The molecule has 13 heteroatoms. The van der Waals surface area contributed by atoms with Gasteiger partial charge in [-0.05, 0) is 120 Å². The number of benzene rings is 2. The number of piperidine rings is 2. The lowest BCUT2D eigenvalue weighted by Gasteiger charge is -2.36. The number of hydrogen-bond acceptors (Lipinski definition) is 11. The van der Waals surface area contributed by atoms with Gasteiger partial charge in [0.25, 0.3) is 5.91 Å². The monoisotopic (exact) mass is 789 g/mol. The van der Waals surface area contributed by atoms with Gasteiger partial charge in [-0.2, -0.15) is 0 Å². The fraction of sp³-hybridized carbons (Fsp3) is 0.477. The molecule has 1 saturated carbocycles. The number of fused-ring (bicyclic) bond motifs is 2. The van der Waals surface area contributed by atoms with E-state index in [2.05, 4.69) is 32.4 Å². The van der Waals surface area contributed by atoms with E-state index in [1.807, 2.05) is 37.4 Å². The lowest BCUT2D eigenvalue weighted by Crippen LogP contribution is -2.56. The van der Waals surface area contributed by atoms with E-state index in [-0.39, 0.29) is 24.1 Å². The minimum absolute atomic E-state index is 0.247. The molecule has 0 spiro atoms. The summed E-state index contributed by atoms with van der Waals surface area (Å²) in [6.07, 6.45) is 8.84. The topological polar surface area (TPSA) is 151 Å². The Balaban J connectivity index is 0.830. The Morgan fingerprint density at radius 2 is 1.81 bits per heavy atom. The molecule has 3 fully saturated rings. The van der Waals surface area contributed by atoms with Gasteiger partial charge in [0.2, 0.25) is 18.2 Å². The highest BCUT2D eigenvalue weighted by Gasteiger charge is 2.43. The predicted molar refractivity (Wildman–Crippen MR) is 222 cm³/mol. The van der Waals surface area contributed by atoms with E-state index in [0.29, 0.717) is 41.1 Å². The molecule has 298 valence electrons. The van der Waals surface area contributed by atoms with Crippen molar-refractivity contribution in [2.45, 2.75) is 95.5 Å². The molecular weight excluding hydrogens is 739 g/mol. The number of nitrogens with one attached hydrogen (secondary N) is 2. The summed E-state index contributed by atoms with van der Waals surface area (Å²) in [6.45, 7) is 6.75. The summed E-state index contributed by atoms with van der Waals surface area (Å²) >= 11 is 1.69. The fourth-order valence-corrected chi connectivity index (χ4v) is 10.2. The third-order valence-corrected chi connectivity index (χ3v) is 13.3. The zero-order chi connectivity index (χ0) is 39.8. The van der Waals surface area contributed by atoms with E-state index in [1.165, 1.54) is 12.8 Å². The number of carbonyl (C=O) groups is 3. The molecule has 2 unspecified atom stereocenters. The zero-order valence-electron chi connectivity index (χ0n) is 32.8. The Labute approximate surface area is 337 Å². The summed E-state index contributed by atoms with van der Waals surface area (Å²) in [5.74, 6) is 7.49. The summed E-state index contributed by atoms with van der Waals surface area (Å²) in [5.41, 5.74) is 3.61. The molecular formula is C44H51N7O5S. The number of likely N-dealkylation sites (tertiary alicyclic amines) is 1. The lowest BCUT2D eigenvalue weighted by atomic mass is 9.81. The van der Waals surface area contributed by atoms with Crippen LogP contribution in [0.25, 0.3) is 10.2 Å². The Morgan fingerprint density at radius 3 is 2.53 bits per heavy atom. The molecule has 2 saturated heterocycles. The maximum atomic E-state index is 13.0. The molecule has 4 aliphatic rings. The molecule has 4 aromatic rings. The van der Waals surface area contributed by atoms with Crippen LogP contribution in [-0.2, 0) is 15.2 Å². The fourth-order valence-electron chi connectivity index (χ4n) is 8.99. The number of rotatable bonds is 8. The van der Waals surface area contributed by atoms with E-state index in [0.717, 1.165) is 83.9 Å². The number of hydrogen-bond donors (Lipinski definition) is 4. The van der Waals surface area contributed by atoms with Crippen LogP contribution in [0.15, 0.2) is 54.7 Å². The normalized spacial score (nSPS) is 23.2. The van der Waals surface area contributed by atoms with Gasteiger partial charge in [0.1, 0.15) is 11.7 Å². The van der Waals surface area contributed by atoms with Gasteiger partial charge in [-0.25, -0.2) is 4.98 Å². The van der Waals surface area contributed by atoms with Crippen molar-refractivity contribution in [1.82, 2.24) is 20.2 Å². The van der Waals surface area contributed by atoms with Crippen molar-refractivity contribution in [3.63, 3.8) is 0 Å². The van der Waals surface area contributed by atoms with E-state index in [9.17, 15) is 24.6 Å². The number of aliphatic hydroxyl groups is 2. The number of imide groups is 1. The summed E-state index contributed by atoms with van der Waals surface area (Å²) < 4.78 is 0.999.